The quantitative estimate of drug-likeness (QED) is 0.384. The van der Waals surface area contributed by atoms with E-state index in [1.54, 1.807) is 12.1 Å². The van der Waals surface area contributed by atoms with Crippen LogP contribution in [0.25, 0.3) is 0 Å². The van der Waals surface area contributed by atoms with Crippen molar-refractivity contribution in [1.82, 2.24) is 0 Å². The van der Waals surface area contributed by atoms with Crippen molar-refractivity contribution in [3.05, 3.63) is 117 Å². The first kappa shape index (κ1) is 22.9. The van der Waals surface area contributed by atoms with Gasteiger partial charge in [-0.1, -0.05) is 59.7 Å². The number of aryl methyl sites for hydroxylation is 6. The Morgan fingerprint density at radius 1 is 0.629 bits per heavy atom. The Morgan fingerprint density at radius 2 is 1.06 bits per heavy atom. The molecule has 3 aromatic carbocycles. The SMILES string of the molecule is Cc1cc(C)c(N2C=CN(c3c(C)cc(C)cc3C)C2=C2CC(=O)c3ccccc3C2=O)c(C)c1. The lowest BCUT2D eigenvalue weighted by atomic mass is 9.85. The zero-order chi connectivity index (χ0) is 25.0. The van der Waals surface area contributed by atoms with Gasteiger partial charge >= 0.3 is 0 Å². The number of fused-ring (bicyclic) bond motifs is 1. The van der Waals surface area contributed by atoms with Crippen LogP contribution in [0.4, 0.5) is 11.4 Å². The number of nitrogens with zero attached hydrogens (tertiary/aromatic N) is 2. The highest BCUT2D eigenvalue weighted by molar-refractivity contribution is 6.23. The molecule has 4 nitrogen and oxygen atoms in total. The Labute approximate surface area is 207 Å². The molecule has 0 N–H and O–H groups in total. The summed E-state index contributed by atoms with van der Waals surface area (Å²) >= 11 is 0. The first-order chi connectivity index (χ1) is 16.7. The van der Waals surface area contributed by atoms with E-state index in [0.29, 0.717) is 16.7 Å². The first-order valence-corrected chi connectivity index (χ1v) is 12.0. The van der Waals surface area contributed by atoms with Gasteiger partial charge in [0.1, 0.15) is 5.82 Å². The molecule has 35 heavy (non-hydrogen) atoms. The number of carbonyl (C=O) groups excluding carboxylic acids is 2. The van der Waals surface area contributed by atoms with Gasteiger partial charge in [-0.15, -0.1) is 0 Å². The van der Waals surface area contributed by atoms with Gasteiger partial charge in [0, 0.05) is 35.5 Å². The van der Waals surface area contributed by atoms with Gasteiger partial charge in [-0.2, -0.15) is 0 Å². The third-order valence-corrected chi connectivity index (χ3v) is 6.93. The van der Waals surface area contributed by atoms with Crippen LogP contribution in [0, 0.1) is 41.5 Å². The zero-order valence-corrected chi connectivity index (χ0v) is 21.2. The maximum Gasteiger partial charge on any atom is 0.193 e. The minimum Gasteiger partial charge on any atom is -0.301 e. The Morgan fingerprint density at radius 3 is 1.51 bits per heavy atom. The number of rotatable bonds is 2. The fourth-order valence-corrected chi connectivity index (χ4v) is 5.75. The zero-order valence-electron chi connectivity index (χ0n) is 21.2. The molecule has 0 radical (unpaired) electrons. The van der Waals surface area contributed by atoms with Crippen LogP contribution in [0.3, 0.4) is 0 Å². The molecule has 1 aliphatic heterocycles. The highest BCUT2D eigenvalue weighted by atomic mass is 16.1. The predicted octanol–water partition coefficient (Wildman–Crippen LogP) is 7.02. The molecule has 1 heterocycles. The third kappa shape index (κ3) is 3.70. The maximum absolute atomic E-state index is 13.9. The van der Waals surface area contributed by atoms with E-state index in [4.69, 9.17) is 0 Å². The number of allylic oxidation sites excluding steroid dienone is 1. The number of hydrogen-bond acceptors (Lipinski definition) is 4. The van der Waals surface area contributed by atoms with Crippen molar-refractivity contribution >= 4 is 22.9 Å². The largest absolute Gasteiger partial charge is 0.301 e. The Kier molecular flexibility index (Phi) is 5.47. The van der Waals surface area contributed by atoms with E-state index in [9.17, 15) is 9.59 Å². The summed E-state index contributed by atoms with van der Waals surface area (Å²) in [7, 11) is 0. The van der Waals surface area contributed by atoms with Crippen LogP contribution in [0.2, 0.25) is 0 Å². The average molecular weight is 463 g/mol. The lowest BCUT2D eigenvalue weighted by Gasteiger charge is -2.32. The van der Waals surface area contributed by atoms with E-state index in [1.165, 1.54) is 11.1 Å². The summed E-state index contributed by atoms with van der Waals surface area (Å²) < 4.78 is 0. The van der Waals surface area contributed by atoms with E-state index < -0.39 is 0 Å². The van der Waals surface area contributed by atoms with Gasteiger partial charge in [0.25, 0.3) is 0 Å². The minimum atomic E-state index is -0.0845. The highest BCUT2D eigenvalue weighted by Crippen LogP contribution is 2.42. The van der Waals surface area contributed by atoms with Crippen LogP contribution in [0.15, 0.2) is 72.3 Å². The summed E-state index contributed by atoms with van der Waals surface area (Å²) in [6, 6.07) is 15.8. The summed E-state index contributed by atoms with van der Waals surface area (Å²) in [6.07, 6.45) is 4.11. The molecule has 2 aliphatic rings. The van der Waals surface area contributed by atoms with Crippen molar-refractivity contribution in [2.45, 2.75) is 48.0 Å². The summed E-state index contributed by atoms with van der Waals surface area (Å²) in [5.41, 5.74) is 10.5. The Bertz CT molecular complexity index is 1360. The molecule has 4 heteroatoms. The molecule has 1 aliphatic carbocycles. The molecule has 0 amide bonds. The number of benzene rings is 3. The summed E-state index contributed by atoms with van der Waals surface area (Å²) in [4.78, 5) is 31.2. The molecule has 0 fully saturated rings. The van der Waals surface area contributed by atoms with Gasteiger partial charge in [0.15, 0.2) is 11.6 Å². The van der Waals surface area contributed by atoms with Gasteiger partial charge in [-0.25, -0.2) is 0 Å². The third-order valence-electron chi connectivity index (χ3n) is 6.93. The van der Waals surface area contributed by atoms with E-state index in [-0.39, 0.29) is 18.0 Å². The van der Waals surface area contributed by atoms with Crippen molar-refractivity contribution in [1.29, 1.82) is 0 Å². The lowest BCUT2D eigenvalue weighted by Crippen LogP contribution is -2.31. The predicted molar refractivity (Wildman–Crippen MR) is 142 cm³/mol. The topological polar surface area (TPSA) is 40.6 Å². The van der Waals surface area contributed by atoms with Crippen molar-refractivity contribution in [3.63, 3.8) is 0 Å². The monoisotopic (exact) mass is 462 g/mol. The van der Waals surface area contributed by atoms with Crippen LogP contribution >= 0.6 is 0 Å². The van der Waals surface area contributed by atoms with Gasteiger partial charge in [-0.3, -0.25) is 9.59 Å². The lowest BCUT2D eigenvalue weighted by molar-refractivity contribution is 0.0934. The minimum absolute atomic E-state index is 0.0239. The molecule has 0 aromatic heterocycles. The fourth-order valence-electron chi connectivity index (χ4n) is 5.75. The van der Waals surface area contributed by atoms with E-state index in [2.05, 4.69) is 75.6 Å². The van der Waals surface area contributed by atoms with E-state index in [1.807, 2.05) is 24.5 Å². The van der Waals surface area contributed by atoms with Crippen LogP contribution in [-0.4, -0.2) is 11.6 Å². The molecular weight excluding hydrogens is 432 g/mol. The molecule has 0 saturated carbocycles. The molecule has 0 saturated heterocycles. The molecule has 176 valence electrons. The van der Waals surface area contributed by atoms with Gasteiger partial charge in [0.2, 0.25) is 0 Å². The number of anilines is 2. The van der Waals surface area contributed by atoms with Crippen molar-refractivity contribution < 1.29 is 9.59 Å². The average Bonchev–Trinajstić information content (AvgIpc) is 3.18. The van der Waals surface area contributed by atoms with Crippen LogP contribution in [0.5, 0.6) is 0 Å². The van der Waals surface area contributed by atoms with Gasteiger partial charge < -0.3 is 9.80 Å². The number of ketones is 2. The van der Waals surface area contributed by atoms with Crippen molar-refractivity contribution in [3.8, 4) is 0 Å². The maximum atomic E-state index is 13.9. The molecule has 5 rings (SSSR count). The molecule has 0 spiro atoms. The number of Topliss-reactive ketones (excluding diaryl/α,β-unsaturated/α-hetero) is 2. The second-order valence-electron chi connectivity index (χ2n) is 9.81. The molecule has 3 aromatic rings. The molecule has 0 bridgehead atoms. The van der Waals surface area contributed by atoms with Gasteiger partial charge in [0.05, 0.1) is 11.4 Å². The van der Waals surface area contributed by atoms with Crippen molar-refractivity contribution in [2.75, 3.05) is 9.80 Å². The van der Waals surface area contributed by atoms with Crippen LogP contribution < -0.4 is 9.80 Å². The smallest absolute Gasteiger partial charge is 0.193 e. The second kappa shape index (κ2) is 8.38. The highest BCUT2D eigenvalue weighted by Gasteiger charge is 2.36. The van der Waals surface area contributed by atoms with Crippen LogP contribution in [0.1, 0.15) is 60.5 Å². The normalized spacial score (nSPS) is 15.4. The first-order valence-electron chi connectivity index (χ1n) is 12.0. The molecule has 0 unspecified atom stereocenters. The van der Waals surface area contributed by atoms with Crippen molar-refractivity contribution in [2.24, 2.45) is 0 Å². The molecule has 0 atom stereocenters. The van der Waals surface area contributed by atoms with Gasteiger partial charge in [-0.05, 0) is 63.8 Å². The number of carbonyl (C=O) groups is 2. The number of hydrogen-bond donors (Lipinski definition) is 0. The van der Waals surface area contributed by atoms with E-state index >= 15 is 0 Å². The summed E-state index contributed by atoms with van der Waals surface area (Å²) in [5, 5.41) is 0. The Balaban J connectivity index is 1.79. The standard InChI is InChI=1S/C31H30N2O2/c1-18-13-20(3)28(21(4)14-18)32-11-12-33(29-22(5)15-19(2)16-23(29)6)31(32)26-17-27(34)24-9-7-8-10-25(24)30(26)35/h7-16H,17H2,1-6H3. The summed E-state index contributed by atoms with van der Waals surface area (Å²) in [5.74, 6) is 0.630. The van der Waals surface area contributed by atoms with E-state index in [0.717, 1.165) is 39.4 Å². The Hall–Kier alpha value is -3.92. The fraction of sp³-hybridized carbons (Fsp3) is 0.226. The second-order valence-corrected chi connectivity index (χ2v) is 9.81. The summed E-state index contributed by atoms with van der Waals surface area (Å²) in [6.45, 7) is 12.6. The van der Waals surface area contributed by atoms with Crippen LogP contribution in [-0.2, 0) is 0 Å². The molecular formula is C31H30N2O2.